The second-order valence-electron chi connectivity index (χ2n) is 6.40. The monoisotopic (exact) mass is 183 g/mol. The number of hydrogen-bond acceptors (Lipinski definition) is 1. The first-order valence-electron chi connectivity index (χ1n) is 5.52. The number of nitrogens with one attached hydrogen (secondary N) is 1. The molecule has 0 bridgehead atoms. The van der Waals surface area contributed by atoms with Gasteiger partial charge in [0.05, 0.1) is 0 Å². The van der Waals surface area contributed by atoms with E-state index in [2.05, 4.69) is 39.9 Å². The van der Waals surface area contributed by atoms with E-state index in [1.165, 1.54) is 25.9 Å². The summed E-state index contributed by atoms with van der Waals surface area (Å²) in [5.74, 6) is 0.937. The van der Waals surface area contributed by atoms with Gasteiger partial charge < -0.3 is 5.32 Å². The van der Waals surface area contributed by atoms with Crippen LogP contribution in [0.4, 0.5) is 0 Å². The van der Waals surface area contributed by atoms with Crippen LogP contribution in [0, 0.1) is 16.7 Å². The van der Waals surface area contributed by atoms with Gasteiger partial charge in [-0.15, -0.1) is 0 Å². The van der Waals surface area contributed by atoms with Gasteiger partial charge >= 0.3 is 0 Å². The van der Waals surface area contributed by atoms with E-state index in [0.29, 0.717) is 10.8 Å². The summed E-state index contributed by atoms with van der Waals surface area (Å²) in [6, 6.07) is 0. The lowest BCUT2D eigenvalue weighted by molar-refractivity contribution is 0.363. The maximum atomic E-state index is 3.56. The van der Waals surface area contributed by atoms with Crippen molar-refractivity contribution >= 4 is 0 Å². The van der Waals surface area contributed by atoms with Crippen LogP contribution in [0.1, 0.15) is 47.5 Å². The minimum Gasteiger partial charge on any atom is -0.316 e. The van der Waals surface area contributed by atoms with Crippen molar-refractivity contribution in [3.8, 4) is 0 Å². The van der Waals surface area contributed by atoms with E-state index in [-0.39, 0.29) is 0 Å². The Bertz CT molecular complexity index is 164. The normalized spacial score (nSPS) is 26.1. The molecule has 0 amide bonds. The second-order valence-corrected chi connectivity index (χ2v) is 6.40. The molecular formula is C12H25N. The van der Waals surface area contributed by atoms with Crippen LogP contribution >= 0.6 is 0 Å². The molecule has 13 heavy (non-hydrogen) atoms. The Morgan fingerprint density at radius 2 is 1.85 bits per heavy atom. The molecule has 1 fully saturated rings. The molecule has 0 saturated heterocycles. The SMILES string of the molecule is CC(C)(C)CCNCC1CC1(C)C. The molecular weight excluding hydrogens is 158 g/mol. The summed E-state index contributed by atoms with van der Waals surface area (Å²) in [7, 11) is 0. The van der Waals surface area contributed by atoms with E-state index in [0.717, 1.165) is 5.92 Å². The first-order chi connectivity index (χ1) is 5.81. The first-order valence-corrected chi connectivity index (χ1v) is 5.52. The lowest BCUT2D eigenvalue weighted by atomic mass is 9.92. The predicted octanol–water partition coefficient (Wildman–Crippen LogP) is 3.06. The molecule has 0 aromatic carbocycles. The maximum absolute atomic E-state index is 3.56. The van der Waals surface area contributed by atoms with Crippen LogP contribution in [0.2, 0.25) is 0 Å². The highest BCUT2D eigenvalue weighted by molar-refractivity contribution is 4.96. The van der Waals surface area contributed by atoms with Gasteiger partial charge in [-0.3, -0.25) is 0 Å². The molecule has 0 radical (unpaired) electrons. The van der Waals surface area contributed by atoms with Crippen molar-refractivity contribution in [3.63, 3.8) is 0 Å². The molecule has 1 heteroatoms. The summed E-state index contributed by atoms with van der Waals surface area (Å²) in [6.07, 6.45) is 2.69. The summed E-state index contributed by atoms with van der Waals surface area (Å²) in [4.78, 5) is 0. The third kappa shape index (κ3) is 4.12. The van der Waals surface area contributed by atoms with Gasteiger partial charge in [-0.2, -0.15) is 0 Å². The minimum absolute atomic E-state index is 0.478. The topological polar surface area (TPSA) is 12.0 Å². The van der Waals surface area contributed by atoms with Crippen molar-refractivity contribution < 1.29 is 0 Å². The molecule has 0 aliphatic heterocycles. The summed E-state index contributed by atoms with van der Waals surface area (Å²) in [6.45, 7) is 14.0. The second kappa shape index (κ2) is 3.61. The fraction of sp³-hybridized carbons (Fsp3) is 1.00. The zero-order valence-electron chi connectivity index (χ0n) is 9.91. The Kier molecular flexibility index (Phi) is 3.06. The smallest absolute Gasteiger partial charge is 0.00152 e. The summed E-state index contributed by atoms with van der Waals surface area (Å²) >= 11 is 0. The lowest BCUT2D eigenvalue weighted by Gasteiger charge is -2.18. The van der Waals surface area contributed by atoms with Crippen LogP contribution < -0.4 is 5.32 Å². The molecule has 1 rings (SSSR count). The molecule has 1 N–H and O–H groups in total. The summed E-state index contributed by atoms with van der Waals surface area (Å²) in [5.41, 5.74) is 1.11. The van der Waals surface area contributed by atoms with Crippen molar-refractivity contribution in [1.29, 1.82) is 0 Å². The summed E-state index contributed by atoms with van der Waals surface area (Å²) < 4.78 is 0. The molecule has 1 nitrogen and oxygen atoms in total. The Hall–Kier alpha value is -0.0400. The average molecular weight is 183 g/mol. The highest BCUT2D eigenvalue weighted by atomic mass is 14.9. The quantitative estimate of drug-likeness (QED) is 0.661. The highest BCUT2D eigenvalue weighted by Gasteiger charge is 2.44. The van der Waals surface area contributed by atoms with Crippen LogP contribution in [0.5, 0.6) is 0 Å². The third-order valence-electron chi connectivity index (χ3n) is 3.16. The van der Waals surface area contributed by atoms with Gasteiger partial charge in [-0.05, 0) is 42.7 Å². The van der Waals surface area contributed by atoms with Gasteiger partial charge in [0.15, 0.2) is 0 Å². The standard InChI is InChI=1S/C12H25N/c1-11(2,3)6-7-13-9-10-8-12(10,4)5/h10,13H,6-9H2,1-5H3. The zero-order chi connectivity index (χ0) is 10.1. The molecule has 1 aliphatic carbocycles. The van der Waals surface area contributed by atoms with Gasteiger partial charge in [-0.1, -0.05) is 34.6 Å². The molecule has 0 heterocycles. The van der Waals surface area contributed by atoms with Crippen LogP contribution in [0.3, 0.4) is 0 Å². The Morgan fingerprint density at radius 3 is 2.23 bits per heavy atom. The van der Waals surface area contributed by atoms with E-state index in [1.807, 2.05) is 0 Å². The summed E-state index contributed by atoms with van der Waals surface area (Å²) in [5, 5.41) is 3.56. The fourth-order valence-electron chi connectivity index (χ4n) is 1.66. The van der Waals surface area contributed by atoms with Crippen LogP contribution in [0.15, 0.2) is 0 Å². The lowest BCUT2D eigenvalue weighted by Crippen LogP contribution is -2.23. The van der Waals surface area contributed by atoms with Crippen molar-refractivity contribution in [1.82, 2.24) is 5.32 Å². The van der Waals surface area contributed by atoms with Gasteiger partial charge in [0.2, 0.25) is 0 Å². The Labute approximate surface area is 83.3 Å². The van der Waals surface area contributed by atoms with Gasteiger partial charge in [0.1, 0.15) is 0 Å². The van der Waals surface area contributed by atoms with Crippen LogP contribution in [0.25, 0.3) is 0 Å². The molecule has 0 aromatic rings. The number of rotatable bonds is 4. The van der Waals surface area contributed by atoms with E-state index >= 15 is 0 Å². The zero-order valence-corrected chi connectivity index (χ0v) is 9.91. The maximum Gasteiger partial charge on any atom is -0.00152 e. The van der Waals surface area contributed by atoms with Crippen molar-refractivity contribution in [2.75, 3.05) is 13.1 Å². The van der Waals surface area contributed by atoms with Crippen molar-refractivity contribution in [2.45, 2.75) is 47.5 Å². The van der Waals surface area contributed by atoms with Crippen molar-refractivity contribution in [2.24, 2.45) is 16.7 Å². The molecule has 1 aliphatic rings. The molecule has 0 aromatic heterocycles. The third-order valence-corrected chi connectivity index (χ3v) is 3.16. The minimum atomic E-state index is 0.478. The molecule has 1 atom stereocenters. The highest BCUT2D eigenvalue weighted by Crippen LogP contribution is 2.50. The molecule has 1 unspecified atom stereocenters. The fourth-order valence-corrected chi connectivity index (χ4v) is 1.66. The largest absolute Gasteiger partial charge is 0.316 e. The Balaban J connectivity index is 1.97. The first kappa shape index (κ1) is 11.0. The van der Waals surface area contributed by atoms with E-state index in [1.54, 1.807) is 0 Å². The van der Waals surface area contributed by atoms with Gasteiger partial charge in [-0.25, -0.2) is 0 Å². The number of hydrogen-bond donors (Lipinski definition) is 1. The van der Waals surface area contributed by atoms with E-state index < -0.39 is 0 Å². The Morgan fingerprint density at radius 1 is 1.31 bits per heavy atom. The molecule has 78 valence electrons. The molecule has 1 saturated carbocycles. The van der Waals surface area contributed by atoms with Crippen LogP contribution in [-0.4, -0.2) is 13.1 Å². The predicted molar refractivity (Wildman–Crippen MR) is 58.8 cm³/mol. The van der Waals surface area contributed by atoms with E-state index in [9.17, 15) is 0 Å². The average Bonchev–Trinajstić information content (AvgIpc) is 2.50. The van der Waals surface area contributed by atoms with Gasteiger partial charge in [0.25, 0.3) is 0 Å². The van der Waals surface area contributed by atoms with Crippen LogP contribution in [-0.2, 0) is 0 Å². The van der Waals surface area contributed by atoms with E-state index in [4.69, 9.17) is 0 Å². The van der Waals surface area contributed by atoms with Gasteiger partial charge in [0, 0.05) is 0 Å². The van der Waals surface area contributed by atoms with Crippen molar-refractivity contribution in [3.05, 3.63) is 0 Å². The molecule has 0 spiro atoms.